The van der Waals surface area contributed by atoms with Crippen molar-refractivity contribution in [1.29, 1.82) is 0 Å². The number of ether oxygens (including phenoxy) is 1. The monoisotopic (exact) mass is 323 g/mol. The van der Waals surface area contributed by atoms with Crippen LogP contribution in [0.3, 0.4) is 0 Å². The lowest BCUT2D eigenvalue weighted by Gasteiger charge is -2.07. The molecule has 2 aromatic rings. The molecule has 0 spiro atoms. The van der Waals surface area contributed by atoms with Gasteiger partial charge in [-0.05, 0) is 52.2 Å². The van der Waals surface area contributed by atoms with Crippen molar-refractivity contribution < 1.29 is 13.9 Å². The van der Waals surface area contributed by atoms with E-state index in [0.717, 1.165) is 22.2 Å². The third kappa shape index (κ3) is 3.61. The molecule has 100 valence electrons. The summed E-state index contributed by atoms with van der Waals surface area (Å²) in [5.74, 6) is 0.928. The van der Waals surface area contributed by atoms with Crippen LogP contribution in [0.4, 0.5) is 0 Å². The highest BCUT2D eigenvalue weighted by molar-refractivity contribution is 9.10. The van der Waals surface area contributed by atoms with E-state index in [9.17, 15) is 4.79 Å². The summed E-state index contributed by atoms with van der Waals surface area (Å²) in [6.45, 7) is 0.554. The van der Waals surface area contributed by atoms with Crippen LogP contribution >= 0.6 is 15.9 Å². The molecule has 0 saturated carbocycles. The third-order valence-corrected chi connectivity index (χ3v) is 3.28. The van der Waals surface area contributed by atoms with Crippen LogP contribution in [0.1, 0.15) is 16.1 Å². The molecule has 5 heteroatoms. The lowest BCUT2D eigenvalue weighted by Crippen LogP contribution is -2.25. The van der Waals surface area contributed by atoms with Gasteiger partial charge in [-0.3, -0.25) is 4.79 Å². The van der Waals surface area contributed by atoms with Crippen molar-refractivity contribution in [1.82, 2.24) is 5.32 Å². The fourth-order valence-corrected chi connectivity index (χ4v) is 2.27. The van der Waals surface area contributed by atoms with Gasteiger partial charge >= 0.3 is 0 Å². The van der Waals surface area contributed by atoms with E-state index >= 15 is 0 Å². The Balaban J connectivity index is 1.86. The molecule has 2 rings (SSSR count). The van der Waals surface area contributed by atoms with Gasteiger partial charge in [0.05, 0.1) is 17.8 Å². The topological polar surface area (TPSA) is 51.5 Å². The summed E-state index contributed by atoms with van der Waals surface area (Å²) in [4.78, 5) is 11.6. The predicted octanol–water partition coefficient (Wildman–Crippen LogP) is 3.02. The average molecular weight is 324 g/mol. The Bertz CT molecular complexity index is 552. The Labute approximate surface area is 119 Å². The highest BCUT2D eigenvalue weighted by Crippen LogP contribution is 2.25. The van der Waals surface area contributed by atoms with E-state index in [2.05, 4.69) is 21.2 Å². The van der Waals surface area contributed by atoms with E-state index in [1.165, 1.54) is 6.26 Å². The second-order valence-electron chi connectivity index (χ2n) is 3.95. The van der Waals surface area contributed by atoms with Crippen molar-refractivity contribution in [3.8, 4) is 5.75 Å². The van der Waals surface area contributed by atoms with Gasteiger partial charge in [0.1, 0.15) is 5.75 Å². The molecule has 0 radical (unpaired) electrons. The molecule has 0 saturated heterocycles. The van der Waals surface area contributed by atoms with Gasteiger partial charge in [0.15, 0.2) is 5.76 Å². The minimum Gasteiger partial charge on any atom is -0.496 e. The van der Waals surface area contributed by atoms with Crippen LogP contribution in [0, 0.1) is 0 Å². The van der Waals surface area contributed by atoms with E-state index in [4.69, 9.17) is 9.15 Å². The maximum Gasteiger partial charge on any atom is 0.286 e. The van der Waals surface area contributed by atoms with Gasteiger partial charge in [-0.15, -0.1) is 0 Å². The van der Waals surface area contributed by atoms with E-state index in [0.29, 0.717) is 12.3 Å². The van der Waals surface area contributed by atoms with Crippen LogP contribution in [0.2, 0.25) is 0 Å². The summed E-state index contributed by atoms with van der Waals surface area (Å²) < 4.78 is 11.1. The fraction of sp³-hybridized carbons (Fsp3) is 0.214. The van der Waals surface area contributed by atoms with E-state index < -0.39 is 0 Å². The number of methoxy groups -OCH3 is 1. The van der Waals surface area contributed by atoms with Crippen molar-refractivity contribution in [2.45, 2.75) is 6.42 Å². The molecule has 0 aliphatic rings. The van der Waals surface area contributed by atoms with Crippen LogP contribution in [-0.2, 0) is 6.42 Å². The fourth-order valence-electron chi connectivity index (χ4n) is 1.68. The highest BCUT2D eigenvalue weighted by atomic mass is 79.9. The number of carbonyl (C=O) groups excluding carboxylic acids is 1. The summed E-state index contributed by atoms with van der Waals surface area (Å²) in [5, 5.41) is 2.80. The minimum atomic E-state index is -0.197. The quantitative estimate of drug-likeness (QED) is 0.920. The molecule has 0 aliphatic heterocycles. The number of carbonyl (C=O) groups is 1. The first-order valence-corrected chi connectivity index (χ1v) is 6.64. The maximum absolute atomic E-state index is 11.6. The number of hydrogen-bond acceptors (Lipinski definition) is 3. The van der Waals surface area contributed by atoms with Crippen molar-refractivity contribution in [3.63, 3.8) is 0 Å². The number of benzene rings is 1. The molecule has 1 N–H and O–H groups in total. The van der Waals surface area contributed by atoms with Gasteiger partial charge in [0, 0.05) is 6.54 Å². The largest absolute Gasteiger partial charge is 0.496 e. The molecule has 1 amide bonds. The number of nitrogens with one attached hydrogen (secondary N) is 1. The van der Waals surface area contributed by atoms with Crippen LogP contribution < -0.4 is 10.1 Å². The zero-order valence-corrected chi connectivity index (χ0v) is 12.1. The number of furan rings is 1. The van der Waals surface area contributed by atoms with E-state index in [1.54, 1.807) is 19.2 Å². The van der Waals surface area contributed by atoms with Crippen LogP contribution in [-0.4, -0.2) is 19.6 Å². The molecule has 1 aromatic heterocycles. The molecular weight excluding hydrogens is 310 g/mol. The molecule has 0 unspecified atom stereocenters. The minimum absolute atomic E-state index is 0.197. The lowest BCUT2D eigenvalue weighted by molar-refractivity contribution is 0.0926. The molecule has 1 aromatic carbocycles. The second-order valence-corrected chi connectivity index (χ2v) is 4.81. The number of amides is 1. The van der Waals surface area contributed by atoms with Gasteiger partial charge in [0.25, 0.3) is 5.91 Å². The van der Waals surface area contributed by atoms with Gasteiger partial charge in [0.2, 0.25) is 0 Å². The normalized spacial score (nSPS) is 10.2. The van der Waals surface area contributed by atoms with Crippen LogP contribution in [0.25, 0.3) is 0 Å². The summed E-state index contributed by atoms with van der Waals surface area (Å²) in [6.07, 6.45) is 2.23. The molecular formula is C14H14BrNO3. The Kier molecular flexibility index (Phi) is 4.63. The summed E-state index contributed by atoms with van der Waals surface area (Å²) in [5.41, 5.74) is 1.12. The molecule has 19 heavy (non-hydrogen) atoms. The van der Waals surface area contributed by atoms with E-state index in [1.807, 2.05) is 18.2 Å². The molecule has 4 nitrogen and oxygen atoms in total. The van der Waals surface area contributed by atoms with Gasteiger partial charge in [-0.2, -0.15) is 0 Å². The number of rotatable bonds is 5. The standard InChI is InChI=1S/C14H14BrNO3/c1-18-12-5-4-10(9-11(12)15)6-7-16-14(17)13-3-2-8-19-13/h2-5,8-9H,6-7H2,1H3,(H,16,17). The molecule has 0 bridgehead atoms. The van der Waals surface area contributed by atoms with Crippen LogP contribution in [0.15, 0.2) is 45.5 Å². The summed E-state index contributed by atoms with van der Waals surface area (Å²) >= 11 is 3.43. The SMILES string of the molecule is COc1ccc(CCNC(=O)c2ccco2)cc1Br. The molecule has 0 aliphatic carbocycles. The van der Waals surface area contributed by atoms with Gasteiger partial charge < -0.3 is 14.5 Å². The van der Waals surface area contributed by atoms with Crippen LogP contribution in [0.5, 0.6) is 5.75 Å². The molecule has 0 atom stereocenters. The predicted molar refractivity (Wildman–Crippen MR) is 75.4 cm³/mol. The Morgan fingerprint density at radius 3 is 2.89 bits per heavy atom. The number of halogens is 1. The zero-order chi connectivity index (χ0) is 13.7. The van der Waals surface area contributed by atoms with Crippen molar-refractivity contribution in [3.05, 3.63) is 52.4 Å². The zero-order valence-electron chi connectivity index (χ0n) is 10.5. The van der Waals surface area contributed by atoms with Crippen molar-refractivity contribution in [2.75, 3.05) is 13.7 Å². The summed E-state index contributed by atoms with van der Waals surface area (Å²) in [6, 6.07) is 9.18. The highest BCUT2D eigenvalue weighted by Gasteiger charge is 2.07. The Morgan fingerprint density at radius 2 is 2.26 bits per heavy atom. The van der Waals surface area contributed by atoms with Gasteiger partial charge in [-0.1, -0.05) is 6.07 Å². The second kappa shape index (κ2) is 6.43. The Hall–Kier alpha value is -1.75. The third-order valence-electron chi connectivity index (χ3n) is 2.66. The number of hydrogen-bond donors (Lipinski definition) is 1. The Morgan fingerprint density at radius 1 is 1.42 bits per heavy atom. The average Bonchev–Trinajstić information content (AvgIpc) is 2.93. The smallest absolute Gasteiger partial charge is 0.286 e. The van der Waals surface area contributed by atoms with Crippen molar-refractivity contribution in [2.24, 2.45) is 0 Å². The summed E-state index contributed by atoms with van der Waals surface area (Å²) in [7, 11) is 1.63. The lowest BCUT2D eigenvalue weighted by atomic mass is 10.1. The van der Waals surface area contributed by atoms with E-state index in [-0.39, 0.29) is 5.91 Å². The first-order valence-electron chi connectivity index (χ1n) is 5.85. The first-order chi connectivity index (χ1) is 9.20. The maximum atomic E-state index is 11.6. The van der Waals surface area contributed by atoms with Crippen molar-refractivity contribution >= 4 is 21.8 Å². The molecule has 1 heterocycles. The first kappa shape index (κ1) is 13.7. The van der Waals surface area contributed by atoms with Gasteiger partial charge in [-0.25, -0.2) is 0 Å². The molecule has 0 fully saturated rings.